The smallest absolute Gasteiger partial charge is 0.320 e. The van der Waals surface area contributed by atoms with Crippen molar-refractivity contribution in [3.63, 3.8) is 0 Å². The van der Waals surface area contributed by atoms with Gasteiger partial charge < -0.3 is 19.4 Å². The van der Waals surface area contributed by atoms with E-state index in [1.807, 2.05) is 28.5 Å². The number of fused-ring (bicyclic) bond motifs is 2. The second-order valence-corrected chi connectivity index (χ2v) is 8.91. The Bertz CT molecular complexity index is 763. The van der Waals surface area contributed by atoms with Gasteiger partial charge in [0.1, 0.15) is 0 Å². The SMILES string of the molecule is CCN(CC)C(=O)C[C@@H]1CC2(CCN(C(=O)N3CCOCC3)CC2)c2ccccc21. The molecule has 164 valence electrons. The molecule has 2 heterocycles. The summed E-state index contributed by atoms with van der Waals surface area (Å²) in [5.74, 6) is 0.549. The highest BCUT2D eigenvalue weighted by Gasteiger charge is 2.46. The van der Waals surface area contributed by atoms with Crippen molar-refractivity contribution >= 4 is 11.9 Å². The quantitative estimate of drug-likeness (QED) is 0.762. The number of nitrogens with zero attached hydrogens (tertiary/aromatic N) is 3. The van der Waals surface area contributed by atoms with Crippen LogP contribution in [0.2, 0.25) is 0 Å². The normalized spacial score (nSPS) is 22.8. The van der Waals surface area contributed by atoms with Crippen LogP contribution in [-0.4, -0.2) is 79.1 Å². The molecular formula is C24H35N3O3. The van der Waals surface area contributed by atoms with Crippen molar-refractivity contribution in [2.45, 2.75) is 50.9 Å². The average Bonchev–Trinajstić information content (AvgIpc) is 3.08. The van der Waals surface area contributed by atoms with Crippen LogP contribution in [-0.2, 0) is 14.9 Å². The van der Waals surface area contributed by atoms with E-state index in [0.29, 0.717) is 32.7 Å². The Labute approximate surface area is 180 Å². The molecule has 4 rings (SSSR count). The first-order valence-electron chi connectivity index (χ1n) is 11.6. The van der Waals surface area contributed by atoms with Crippen molar-refractivity contribution in [3.8, 4) is 0 Å². The zero-order chi connectivity index (χ0) is 21.1. The fourth-order valence-electron chi connectivity index (χ4n) is 5.68. The van der Waals surface area contributed by atoms with E-state index in [-0.39, 0.29) is 23.3 Å². The largest absolute Gasteiger partial charge is 0.378 e. The lowest BCUT2D eigenvalue weighted by Crippen LogP contribution is -2.52. The molecule has 0 N–H and O–H groups in total. The molecule has 6 nitrogen and oxygen atoms in total. The zero-order valence-electron chi connectivity index (χ0n) is 18.4. The lowest BCUT2D eigenvalue weighted by atomic mass is 9.73. The number of morpholine rings is 1. The van der Waals surface area contributed by atoms with Crippen LogP contribution in [0.15, 0.2) is 24.3 Å². The van der Waals surface area contributed by atoms with Crippen LogP contribution in [0.3, 0.4) is 0 Å². The summed E-state index contributed by atoms with van der Waals surface area (Å²) < 4.78 is 5.39. The molecule has 3 amide bonds. The molecule has 1 aliphatic carbocycles. The Morgan fingerprint density at radius 1 is 1.03 bits per heavy atom. The number of likely N-dealkylation sites (tertiary alicyclic amines) is 1. The monoisotopic (exact) mass is 413 g/mol. The molecule has 2 aliphatic heterocycles. The van der Waals surface area contributed by atoms with Crippen LogP contribution in [0.1, 0.15) is 56.6 Å². The lowest BCUT2D eigenvalue weighted by molar-refractivity contribution is -0.131. The van der Waals surface area contributed by atoms with Gasteiger partial charge >= 0.3 is 6.03 Å². The van der Waals surface area contributed by atoms with Gasteiger partial charge in [0.05, 0.1) is 13.2 Å². The van der Waals surface area contributed by atoms with Gasteiger partial charge in [0.2, 0.25) is 5.91 Å². The van der Waals surface area contributed by atoms with E-state index < -0.39 is 0 Å². The molecule has 0 saturated carbocycles. The maximum Gasteiger partial charge on any atom is 0.320 e. The van der Waals surface area contributed by atoms with Crippen molar-refractivity contribution in [1.82, 2.24) is 14.7 Å². The van der Waals surface area contributed by atoms with Gasteiger partial charge in [0.15, 0.2) is 0 Å². The maximum absolute atomic E-state index is 12.9. The van der Waals surface area contributed by atoms with Gasteiger partial charge in [0, 0.05) is 45.7 Å². The number of amides is 3. The fraction of sp³-hybridized carbons (Fsp3) is 0.667. The maximum atomic E-state index is 12.9. The van der Waals surface area contributed by atoms with Crippen LogP contribution in [0.4, 0.5) is 4.79 Å². The number of hydrogen-bond donors (Lipinski definition) is 0. The van der Waals surface area contributed by atoms with Gasteiger partial charge in [-0.15, -0.1) is 0 Å². The Balaban J connectivity index is 1.46. The summed E-state index contributed by atoms with van der Waals surface area (Å²) in [5.41, 5.74) is 2.87. The van der Waals surface area contributed by atoms with Crippen molar-refractivity contribution in [3.05, 3.63) is 35.4 Å². The minimum atomic E-state index is 0.104. The van der Waals surface area contributed by atoms with Crippen LogP contribution in [0.25, 0.3) is 0 Å². The summed E-state index contributed by atoms with van der Waals surface area (Å²) in [4.78, 5) is 31.6. The standard InChI is InChI=1S/C24H35N3O3/c1-3-25(4-2)22(28)17-19-18-24(21-8-6-5-7-20(19)21)9-11-26(12-10-24)23(29)27-13-15-30-16-14-27/h5-8,19H,3-4,9-18H2,1-2H3/t19-/m1/s1. The molecular weight excluding hydrogens is 378 g/mol. The minimum absolute atomic E-state index is 0.104. The zero-order valence-corrected chi connectivity index (χ0v) is 18.4. The average molecular weight is 414 g/mol. The van der Waals surface area contributed by atoms with Gasteiger partial charge in [-0.3, -0.25) is 4.79 Å². The molecule has 1 spiro atoms. The van der Waals surface area contributed by atoms with E-state index in [1.54, 1.807) is 0 Å². The molecule has 0 bridgehead atoms. The molecule has 3 aliphatic rings. The first-order chi connectivity index (χ1) is 14.6. The number of ether oxygens (including phenoxy) is 1. The van der Waals surface area contributed by atoms with Crippen LogP contribution in [0, 0.1) is 0 Å². The second-order valence-electron chi connectivity index (χ2n) is 8.91. The molecule has 0 unspecified atom stereocenters. The summed E-state index contributed by atoms with van der Waals surface area (Å²) in [6, 6.07) is 8.86. The Morgan fingerprint density at radius 2 is 1.67 bits per heavy atom. The van der Waals surface area contributed by atoms with Gasteiger partial charge in [-0.1, -0.05) is 24.3 Å². The third kappa shape index (κ3) is 3.94. The summed E-state index contributed by atoms with van der Waals surface area (Å²) in [6.45, 7) is 9.89. The molecule has 2 fully saturated rings. The summed E-state index contributed by atoms with van der Waals surface area (Å²) in [6.07, 6.45) is 3.59. The molecule has 1 aromatic rings. The van der Waals surface area contributed by atoms with Crippen LogP contribution >= 0.6 is 0 Å². The number of urea groups is 1. The van der Waals surface area contributed by atoms with Crippen molar-refractivity contribution in [2.75, 3.05) is 52.5 Å². The minimum Gasteiger partial charge on any atom is -0.378 e. The number of piperidine rings is 1. The highest BCUT2D eigenvalue weighted by Crippen LogP contribution is 2.52. The van der Waals surface area contributed by atoms with Gasteiger partial charge in [-0.2, -0.15) is 0 Å². The number of carbonyl (C=O) groups excluding carboxylic acids is 2. The van der Waals surface area contributed by atoms with Crippen LogP contribution in [0.5, 0.6) is 0 Å². The summed E-state index contributed by atoms with van der Waals surface area (Å²) >= 11 is 0. The van der Waals surface area contributed by atoms with E-state index >= 15 is 0 Å². The predicted molar refractivity (Wildman–Crippen MR) is 117 cm³/mol. The Hall–Kier alpha value is -2.08. The van der Waals surface area contributed by atoms with Gasteiger partial charge in [0.25, 0.3) is 0 Å². The van der Waals surface area contributed by atoms with Crippen molar-refractivity contribution in [2.24, 2.45) is 0 Å². The van der Waals surface area contributed by atoms with E-state index in [0.717, 1.165) is 45.4 Å². The van der Waals surface area contributed by atoms with E-state index in [1.165, 1.54) is 11.1 Å². The topological polar surface area (TPSA) is 53.1 Å². The molecule has 2 saturated heterocycles. The number of rotatable bonds is 4. The first kappa shape index (κ1) is 21.2. The second kappa shape index (κ2) is 8.96. The van der Waals surface area contributed by atoms with Crippen molar-refractivity contribution in [1.29, 1.82) is 0 Å². The fourth-order valence-corrected chi connectivity index (χ4v) is 5.68. The van der Waals surface area contributed by atoms with E-state index in [4.69, 9.17) is 4.74 Å². The number of hydrogen-bond acceptors (Lipinski definition) is 3. The van der Waals surface area contributed by atoms with Gasteiger partial charge in [-0.25, -0.2) is 4.79 Å². The van der Waals surface area contributed by atoms with Crippen LogP contribution < -0.4 is 0 Å². The van der Waals surface area contributed by atoms with Gasteiger partial charge in [-0.05, 0) is 55.6 Å². The molecule has 1 aromatic carbocycles. The molecule has 1 atom stereocenters. The molecule has 0 aromatic heterocycles. The molecule has 0 radical (unpaired) electrons. The summed E-state index contributed by atoms with van der Waals surface area (Å²) in [7, 11) is 0. The summed E-state index contributed by atoms with van der Waals surface area (Å²) in [5, 5.41) is 0. The Morgan fingerprint density at radius 3 is 2.33 bits per heavy atom. The third-order valence-corrected chi connectivity index (χ3v) is 7.42. The number of benzene rings is 1. The first-order valence-corrected chi connectivity index (χ1v) is 11.6. The Kier molecular flexibility index (Phi) is 6.32. The van der Waals surface area contributed by atoms with Crippen molar-refractivity contribution < 1.29 is 14.3 Å². The highest BCUT2D eigenvalue weighted by atomic mass is 16.5. The molecule has 30 heavy (non-hydrogen) atoms. The lowest BCUT2D eigenvalue weighted by Gasteiger charge is -2.42. The highest BCUT2D eigenvalue weighted by molar-refractivity contribution is 5.77. The van der Waals surface area contributed by atoms with E-state index in [9.17, 15) is 9.59 Å². The number of carbonyl (C=O) groups is 2. The third-order valence-electron chi connectivity index (χ3n) is 7.42. The predicted octanol–water partition coefficient (Wildman–Crippen LogP) is 3.22. The molecule has 6 heteroatoms. The van der Waals surface area contributed by atoms with E-state index in [2.05, 4.69) is 24.3 Å².